The fourth-order valence-corrected chi connectivity index (χ4v) is 3.04. The molecule has 0 aliphatic rings. The van der Waals surface area contributed by atoms with E-state index in [2.05, 4.69) is 31.1 Å². The van der Waals surface area contributed by atoms with Gasteiger partial charge in [-0.25, -0.2) is 8.42 Å². The fraction of sp³-hybridized carbons (Fsp3) is 0.300. The van der Waals surface area contributed by atoms with Crippen LogP contribution < -0.4 is 0 Å². The van der Waals surface area contributed by atoms with E-state index in [-0.39, 0.29) is 11.2 Å². The molecule has 0 bridgehead atoms. The van der Waals surface area contributed by atoms with Crippen LogP contribution in [-0.4, -0.2) is 28.2 Å². The molecular weight excluding hydrogens is 356 g/mol. The normalized spacial score (nSPS) is 12.1. The van der Waals surface area contributed by atoms with Crippen LogP contribution in [0.15, 0.2) is 28.0 Å². The van der Waals surface area contributed by atoms with Gasteiger partial charge in [-0.1, -0.05) is 0 Å². The molecule has 19 heavy (non-hydrogen) atoms. The van der Waals surface area contributed by atoms with E-state index in [1.807, 2.05) is 13.8 Å². The van der Waals surface area contributed by atoms with E-state index < -0.39 is 9.05 Å². The zero-order chi connectivity index (χ0) is 14.2. The molecule has 0 aliphatic carbocycles. The zero-order valence-corrected chi connectivity index (χ0v) is 13.2. The molecule has 102 valence electrons. The lowest BCUT2D eigenvalue weighted by Crippen LogP contribution is -2.10. The highest BCUT2D eigenvalue weighted by Gasteiger charge is 2.26. The summed E-state index contributed by atoms with van der Waals surface area (Å²) in [6.45, 7) is 3.63. The van der Waals surface area contributed by atoms with Gasteiger partial charge in [0, 0.05) is 27.4 Å². The second kappa shape index (κ2) is 5.18. The number of nitrogens with zero attached hydrogens (tertiary/aromatic N) is 4. The fourth-order valence-electron chi connectivity index (χ4n) is 1.62. The van der Waals surface area contributed by atoms with Gasteiger partial charge in [-0.05, 0) is 41.9 Å². The van der Waals surface area contributed by atoms with Crippen LogP contribution in [0.4, 0.5) is 0 Å². The molecule has 0 radical (unpaired) electrons. The first-order valence-electron chi connectivity index (χ1n) is 5.33. The van der Waals surface area contributed by atoms with Gasteiger partial charge in [0.25, 0.3) is 14.2 Å². The summed E-state index contributed by atoms with van der Waals surface area (Å²) in [5, 5.41) is 7.27. The highest BCUT2D eigenvalue weighted by Crippen LogP contribution is 2.29. The highest BCUT2D eigenvalue weighted by atomic mass is 79.9. The lowest BCUT2D eigenvalue weighted by molar-refractivity contribution is 0.530. The van der Waals surface area contributed by atoms with Crippen LogP contribution in [0.3, 0.4) is 0 Å². The molecule has 0 saturated heterocycles. The average molecular weight is 366 g/mol. The molecule has 0 spiro atoms. The predicted octanol–water partition coefficient (Wildman–Crippen LogP) is 2.61. The smallest absolute Gasteiger partial charge is 0.293 e. The standard InChI is InChI=1S/C10H10BrClN4O2S/c1-6(2)16-9(8-7(11)4-3-5-13-8)14-15-10(16)19(12,17)18/h3-6H,1-2H3. The first kappa shape index (κ1) is 14.4. The van der Waals surface area contributed by atoms with Gasteiger partial charge in [-0.15, -0.1) is 10.2 Å². The van der Waals surface area contributed by atoms with Crippen molar-refractivity contribution in [3.63, 3.8) is 0 Å². The topological polar surface area (TPSA) is 77.7 Å². The maximum Gasteiger partial charge on any atom is 0.296 e. The van der Waals surface area contributed by atoms with Crippen molar-refractivity contribution in [1.82, 2.24) is 19.7 Å². The van der Waals surface area contributed by atoms with E-state index in [9.17, 15) is 8.42 Å². The first-order valence-corrected chi connectivity index (χ1v) is 8.43. The Labute approximate surface area is 123 Å². The summed E-state index contributed by atoms with van der Waals surface area (Å²) in [6, 6.07) is 3.36. The van der Waals surface area contributed by atoms with Gasteiger partial charge in [0.05, 0.1) is 0 Å². The lowest BCUT2D eigenvalue weighted by Gasteiger charge is -2.12. The SMILES string of the molecule is CC(C)n1c(-c2ncccc2Br)nnc1S(=O)(=O)Cl. The first-order chi connectivity index (χ1) is 8.82. The van der Waals surface area contributed by atoms with Crippen molar-refractivity contribution in [1.29, 1.82) is 0 Å². The maximum absolute atomic E-state index is 11.5. The summed E-state index contributed by atoms with van der Waals surface area (Å²) < 4.78 is 25.1. The summed E-state index contributed by atoms with van der Waals surface area (Å²) in [5.74, 6) is 0.349. The van der Waals surface area contributed by atoms with Crippen LogP contribution >= 0.6 is 26.6 Å². The van der Waals surface area contributed by atoms with E-state index in [0.29, 0.717) is 16.0 Å². The third kappa shape index (κ3) is 2.80. The monoisotopic (exact) mass is 364 g/mol. The molecular formula is C10H10BrClN4O2S. The summed E-state index contributed by atoms with van der Waals surface area (Å²) in [5.41, 5.74) is 0.510. The summed E-state index contributed by atoms with van der Waals surface area (Å²) >= 11 is 3.35. The Morgan fingerprint density at radius 2 is 2.05 bits per heavy atom. The minimum atomic E-state index is -3.96. The Balaban J connectivity index is 2.74. The van der Waals surface area contributed by atoms with Gasteiger partial charge >= 0.3 is 0 Å². The second-order valence-electron chi connectivity index (χ2n) is 4.04. The van der Waals surface area contributed by atoms with Crippen molar-refractivity contribution >= 4 is 35.7 Å². The van der Waals surface area contributed by atoms with Crippen LogP contribution in [0.5, 0.6) is 0 Å². The molecule has 0 amide bonds. The van der Waals surface area contributed by atoms with Gasteiger partial charge in [0.15, 0.2) is 5.82 Å². The quantitative estimate of drug-likeness (QED) is 0.781. The van der Waals surface area contributed by atoms with E-state index in [0.717, 1.165) is 0 Å². The van der Waals surface area contributed by atoms with Gasteiger partial charge in [0.2, 0.25) is 0 Å². The van der Waals surface area contributed by atoms with E-state index in [1.54, 1.807) is 18.3 Å². The lowest BCUT2D eigenvalue weighted by atomic mass is 10.3. The minimum absolute atomic E-state index is 0.178. The molecule has 2 aromatic heterocycles. The molecule has 0 aliphatic heterocycles. The maximum atomic E-state index is 11.5. The van der Waals surface area contributed by atoms with Crippen molar-refractivity contribution in [3.05, 3.63) is 22.8 Å². The van der Waals surface area contributed by atoms with E-state index in [4.69, 9.17) is 10.7 Å². The molecule has 9 heteroatoms. The van der Waals surface area contributed by atoms with Crippen LogP contribution in [0.25, 0.3) is 11.5 Å². The van der Waals surface area contributed by atoms with Crippen LogP contribution in [0.2, 0.25) is 0 Å². The van der Waals surface area contributed by atoms with Crippen molar-refractivity contribution in [2.45, 2.75) is 25.0 Å². The number of aromatic nitrogens is 4. The molecule has 0 N–H and O–H groups in total. The molecule has 0 atom stereocenters. The Bertz CT molecular complexity index is 714. The number of halogens is 2. The Kier molecular flexibility index (Phi) is 3.93. The van der Waals surface area contributed by atoms with Crippen LogP contribution in [-0.2, 0) is 9.05 Å². The Morgan fingerprint density at radius 3 is 2.58 bits per heavy atom. The summed E-state index contributed by atoms with van der Waals surface area (Å²) in [7, 11) is 1.41. The summed E-state index contributed by atoms with van der Waals surface area (Å²) in [6.07, 6.45) is 1.59. The van der Waals surface area contributed by atoms with Crippen molar-refractivity contribution in [2.75, 3.05) is 0 Å². The van der Waals surface area contributed by atoms with E-state index >= 15 is 0 Å². The third-order valence-corrected chi connectivity index (χ3v) is 4.14. The number of rotatable bonds is 3. The average Bonchev–Trinajstić information content (AvgIpc) is 2.73. The van der Waals surface area contributed by atoms with Gasteiger partial charge < -0.3 is 0 Å². The van der Waals surface area contributed by atoms with Crippen LogP contribution in [0, 0.1) is 0 Å². The Hall–Kier alpha value is -0.990. The van der Waals surface area contributed by atoms with Gasteiger partial charge in [-0.2, -0.15) is 0 Å². The molecule has 2 rings (SSSR count). The highest BCUT2D eigenvalue weighted by molar-refractivity contribution is 9.10. The van der Waals surface area contributed by atoms with Gasteiger partial charge in [-0.3, -0.25) is 9.55 Å². The zero-order valence-electron chi connectivity index (χ0n) is 10.1. The third-order valence-electron chi connectivity index (χ3n) is 2.37. The van der Waals surface area contributed by atoms with E-state index in [1.165, 1.54) is 4.57 Å². The molecule has 2 aromatic rings. The number of pyridine rings is 1. The molecule has 0 aromatic carbocycles. The number of hydrogen-bond acceptors (Lipinski definition) is 5. The Morgan fingerprint density at radius 1 is 1.37 bits per heavy atom. The second-order valence-corrected chi connectivity index (χ2v) is 7.36. The minimum Gasteiger partial charge on any atom is -0.293 e. The van der Waals surface area contributed by atoms with Crippen molar-refractivity contribution in [3.8, 4) is 11.5 Å². The van der Waals surface area contributed by atoms with Gasteiger partial charge in [0.1, 0.15) is 5.69 Å². The van der Waals surface area contributed by atoms with Crippen molar-refractivity contribution < 1.29 is 8.42 Å². The molecule has 0 saturated carbocycles. The summed E-state index contributed by atoms with van der Waals surface area (Å²) in [4.78, 5) is 4.18. The molecule has 0 unspecified atom stereocenters. The largest absolute Gasteiger partial charge is 0.296 e. The number of hydrogen-bond donors (Lipinski definition) is 0. The molecule has 2 heterocycles. The van der Waals surface area contributed by atoms with Crippen LogP contribution in [0.1, 0.15) is 19.9 Å². The molecule has 6 nitrogen and oxygen atoms in total. The van der Waals surface area contributed by atoms with Crippen molar-refractivity contribution in [2.24, 2.45) is 0 Å². The molecule has 0 fully saturated rings. The predicted molar refractivity (Wildman–Crippen MR) is 74.4 cm³/mol.